The van der Waals surface area contributed by atoms with Crippen molar-refractivity contribution in [1.29, 1.82) is 0 Å². The molecule has 1 rings (SSSR count). The van der Waals surface area contributed by atoms with E-state index in [1.54, 1.807) is 0 Å². The summed E-state index contributed by atoms with van der Waals surface area (Å²) in [6.07, 6.45) is 24.0. The standard InChI is InChI=1S/C50H97NO5Si2/c1-14-16-18-20-22-24-26-31-37-45(55-57(10,11)49(4,5)6)40-51(39-33-34-43(3)47(52)48(53)54-42-44-35-29-28-30-36-44)41-46(56-58(12,13)50(7,8)9)38-32-27-25-23-21-19-17-15-2/h28-30,35-36,43,45-47,52H,14-27,31-34,37-42H2,1-13H3. The van der Waals surface area contributed by atoms with Crippen molar-refractivity contribution in [2.45, 2.75) is 252 Å². The molecule has 0 saturated heterocycles. The van der Waals surface area contributed by atoms with E-state index >= 15 is 0 Å². The predicted molar refractivity (Wildman–Crippen MR) is 256 cm³/mol. The van der Waals surface area contributed by atoms with Gasteiger partial charge in [-0.2, -0.15) is 0 Å². The number of nitrogens with zero attached hydrogens (tertiary/aromatic N) is 1. The van der Waals surface area contributed by atoms with Crippen LogP contribution in [0, 0.1) is 5.92 Å². The minimum absolute atomic E-state index is 0.139. The summed E-state index contributed by atoms with van der Waals surface area (Å²) in [5, 5.41) is 11.3. The van der Waals surface area contributed by atoms with Crippen molar-refractivity contribution in [2.24, 2.45) is 5.92 Å². The molecule has 0 radical (unpaired) electrons. The molecule has 4 unspecified atom stereocenters. The fraction of sp³-hybridized carbons (Fsp3) is 0.860. The van der Waals surface area contributed by atoms with Crippen LogP contribution in [0.1, 0.15) is 196 Å². The second kappa shape index (κ2) is 29.3. The maximum absolute atomic E-state index is 12.9. The Balaban J connectivity index is 3.23. The summed E-state index contributed by atoms with van der Waals surface area (Å²) in [7, 11) is -4.03. The van der Waals surface area contributed by atoms with Gasteiger partial charge >= 0.3 is 5.97 Å². The molecule has 0 bridgehead atoms. The molecular weight excluding hydrogens is 751 g/mol. The van der Waals surface area contributed by atoms with E-state index in [-0.39, 0.29) is 34.8 Å². The van der Waals surface area contributed by atoms with Crippen LogP contribution in [-0.4, -0.2) is 70.6 Å². The van der Waals surface area contributed by atoms with Gasteiger partial charge in [-0.3, -0.25) is 4.90 Å². The van der Waals surface area contributed by atoms with Crippen LogP contribution in [0.5, 0.6) is 0 Å². The van der Waals surface area contributed by atoms with E-state index < -0.39 is 28.7 Å². The Morgan fingerprint density at radius 1 is 0.621 bits per heavy atom. The van der Waals surface area contributed by atoms with Gasteiger partial charge in [0.1, 0.15) is 6.61 Å². The number of unbranched alkanes of at least 4 members (excludes halogenated alkanes) is 14. The molecule has 340 valence electrons. The molecule has 8 heteroatoms. The molecule has 1 N–H and O–H groups in total. The van der Waals surface area contributed by atoms with Gasteiger partial charge in [-0.25, -0.2) is 4.79 Å². The van der Waals surface area contributed by atoms with Crippen molar-refractivity contribution in [1.82, 2.24) is 4.90 Å². The monoisotopic (exact) mass is 848 g/mol. The molecule has 0 spiro atoms. The number of ether oxygens (including phenoxy) is 1. The Morgan fingerprint density at radius 3 is 1.41 bits per heavy atom. The zero-order valence-corrected chi connectivity index (χ0v) is 42.7. The molecule has 58 heavy (non-hydrogen) atoms. The van der Waals surface area contributed by atoms with E-state index in [2.05, 4.69) is 86.5 Å². The first kappa shape index (κ1) is 55.0. The quantitative estimate of drug-likeness (QED) is 0.0423. The maximum atomic E-state index is 12.9. The molecule has 1 aromatic rings. The van der Waals surface area contributed by atoms with Crippen LogP contribution in [0.3, 0.4) is 0 Å². The highest BCUT2D eigenvalue weighted by Crippen LogP contribution is 2.39. The lowest BCUT2D eigenvalue weighted by molar-refractivity contribution is -0.157. The van der Waals surface area contributed by atoms with Crippen molar-refractivity contribution in [3.63, 3.8) is 0 Å². The van der Waals surface area contributed by atoms with Crippen LogP contribution >= 0.6 is 0 Å². The van der Waals surface area contributed by atoms with Crippen LogP contribution in [0.2, 0.25) is 36.3 Å². The Hall–Kier alpha value is -1.04. The number of carbonyl (C=O) groups excluding carboxylic acids is 1. The lowest BCUT2D eigenvalue weighted by Gasteiger charge is -2.43. The highest BCUT2D eigenvalue weighted by molar-refractivity contribution is 6.74. The zero-order valence-electron chi connectivity index (χ0n) is 40.7. The van der Waals surface area contributed by atoms with Gasteiger partial charge in [0, 0.05) is 13.1 Å². The normalized spacial score (nSPS) is 15.1. The lowest BCUT2D eigenvalue weighted by Crippen LogP contribution is -2.50. The van der Waals surface area contributed by atoms with Gasteiger partial charge in [-0.1, -0.05) is 195 Å². The average Bonchev–Trinajstić information content (AvgIpc) is 3.14. The number of esters is 1. The Morgan fingerprint density at radius 2 is 1.02 bits per heavy atom. The molecule has 0 saturated carbocycles. The predicted octanol–water partition coefficient (Wildman–Crippen LogP) is 14.7. The number of hydrogen-bond donors (Lipinski definition) is 1. The highest BCUT2D eigenvalue weighted by atomic mass is 28.4. The maximum Gasteiger partial charge on any atom is 0.335 e. The van der Waals surface area contributed by atoms with Crippen molar-refractivity contribution < 1.29 is 23.5 Å². The molecule has 6 nitrogen and oxygen atoms in total. The second-order valence-electron chi connectivity index (χ2n) is 20.9. The SMILES string of the molecule is CCCCCCCCCCC(CN(CCCC(C)C(O)C(=O)OCc1ccccc1)CC(CCCCCCCCCC)O[Si](C)(C)C(C)(C)C)O[Si](C)(C)C(C)(C)C. The Kier molecular flexibility index (Phi) is 27.8. The summed E-state index contributed by atoms with van der Waals surface area (Å²) in [5.74, 6) is -0.729. The van der Waals surface area contributed by atoms with E-state index in [1.165, 1.54) is 103 Å². The van der Waals surface area contributed by atoms with Crippen LogP contribution in [0.4, 0.5) is 0 Å². The molecule has 4 atom stereocenters. The van der Waals surface area contributed by atoms with E-state index in [9.17, 15) is 9.90 Å². The zero-order chi connectivity index (χ0) is 43.7. The van der Waals surface area contributed by atoms with Crippen LogP contribution in [-0.2, 0) is 25.0 Å². The highest BCUT2D eigenvalue weighted by Gasteiger charge is 2.41. The number of carbonyl (C=O) groups is 1. The molecule has 0 heterocycles. The summed E-state index contributed by atoms with van der Waals surface area (Å²) < 4.78 is 20.1. The first-order valence-corrected chi connectivity index (χ1v) is 30.0. The lowest BCUT2D eigenvalue weighted by atomic mass is 9.98. The fourth-order valence-corrected chi connectivity index (χ4v) is 10.0. The molecule has 0 aliphatic rings. The van der Waals surface area contributed by atoms with Gasteiger partial charge in [0.15, 0.2) is 22.7 Å². The van der Waals surface area contributed by atoms with Gasteiger partial charge < -0.3 is 18.7 Å². The summed E-state index contributed by atoms with van der Waals surface area (Å²) in [4.78, 5) is 15.5. The Labute approximate surface area is 363 Å². The fourth-order valence-electron chi connectivity index (χ4n) is 7.25. The molecule has 0 amide bonds. The van der Waals surface area contributed by atoms with Crippen molar-refractivity contribution >= 4 is 22.6 Å². The van der Waals surface area contributed by atoms with E-state index in [0.717, 1.165) is 50.9 Å². The number of rotatable bonds is 34. The Bertz CT molecular complexity index is 1110. The molecule has 0 aliphatic heterocycles. The summed E-state index contributed by atoms with van der Waals surface area (Å²) in [6.45, 7) is 33.2. The van der Waals surface area contributed by atoms with E-state index in [1.807, 2.05) is 37.3 Å². The third kappa shape index (κ3) is 23.8. The van der Waals surface area contributed by atoms with Crippen LogP contribution in [0.25, 0.3) is 0 Å². The summed E-state index contributed by atoms with van der Waals surface area (Å²) in [5.41, 5.74) is 0.925. The summed E-state index contributed by atoms with van der Waals surface area (Å²) in [6, 6.07) is 9.68. The summed E-state index contributed by atoms with van der Waals surface area (Å²) >= 11 is 0. The largest absolute Gasteiger partial charge is 0.459 e. The first-order valence-electron chi connectivity index (χ1n) is 24.2. The van der Waals surface area contributed by atoms with Gasteiger partial charge in [-0.15, -0.1) is 0 Å². The number of hydrogen-bond acceptors (Lipinski definition) is 6. The van der Waals surface area contributed by atoms with Gasteiger partial charge in [0.05, 0.1) is 12.2 Å². The van der Waals surface area contributed by atoms with Gasteiger partial charge in [-0.05, 0) is 80.0 Å². The van der Waals surface area contributed by atoms with Crippen molar-refractivity contribution in [2.75, 3.05) is 19.6 Å². The number of aliphatic hydroxyl groups is 1. The third-order valence-corrected chi connectivity index (χ3v) is 22.4. The molecule has 0 fully saturated rings. The molecule has 1 aromatic carbocycles. The van der Waals surface area contributed by atoms with Gasteiger partial charge in [0.25, 0.3) is 0 Å². The third-order valence-electron chi connectivity index (χ3n) is 13.4. The number of benzene rings is 1. The molecular formula is C50H97NO5Si2. The van der Waals surface area contributed by atoms with E-state index in [0.29, 0.717) is 0 Å². The van der Waals surface area contributed by atoms with Crippen LogP contribution in [0.15, 0.2) is 30.3 Å². The van der Waals surface area contributed by atoms with E-state index in [4.69, 9.17) is 13.6 Å². The number of aliphatic hydroxyl groups excluding tert-OH is 1. The molecule has 0 aromatic heterocycles. The minimum atomic E-state index is -2.02. The smallest absolute Gasteiger partial charge is 0.335 e. The van der Waals surface area contributed by atoms with Crippen LogP contribution < -0.4 is 0 Å². The molecule has 0 aliphatic carbocycles. The second-order valence-corrected chi connectivity index (χ2v) is 30.5. The van der Waals surface area contributed by atoms with Crippen molar-refractivity contribution in [3.8, 4) is 0 Å². The van der Waals surface area contributed by atoms with Crippen molar-refractivity contribution in [3.05, 3.63) is 35.9 Å². The minimum Gasteiger partial charge on any atom is -0.459 e. The first-order chi connectivity index (χ1) is 27.2. The topological polar surface area (TPSA) is 68.2 Å². The van der Waals surface area contributed by atoms with Gasteiger partial charge in [0.2, 0.25) is 0 Å². The average molecular weight is 848 g/mol.